The first-order valence-electron chi connectivity index (χ1n) is 6.22. The molecule has 1 aromatic carbocycles. The van der Waals surface area contributed by atoms with Gasteiger partial charge in [0.25, 0.3) is 0 Å². The van der Waals surface area contributed by atoms with Crippen molar-refractivity contribution in [1.82, 2.24) is 0 Å². The molecule has 0 amide bonds. The van der Waals surface area contributed by atoms with Crippen LogP contribution >= 0.6 is 0 Å². The standard InChI is InChI=1S/C14H22FNO/c1-4-17-14-8-7-12(15)9-13(14)10(2)5-6-11(3)16/h7-11H,4-6,16H2,1-3H3. The average Bonchev–Trinajstić information content (AvgIpc) is 2.28. The van der Waals surface area contributed by atoms with E-state index < -0.39 is 0 Å². The summed E-state index contributed by atoms with van der Waals surface area (Å²) in [6.45, 7) is 6.60. The van der Waals surface area contributed by atoms with E-state index in [1.807, 2.05) is 13.8 Å². The summed E-state index contributed by atoms with van der Waals surface area (Å²) in [6, 6.07) is 4.89. The molecular weight excluding hydrogens is 217 g/mol. The maximum atomic E-state index is 13.3. The van der Waals surface area contributed by atoms with Crippen molar-refractivity contribution in [3.63, 3.8) is 0 Å². The molecule has 0 aromatic heterocycles. The van der Waals surface area contributed by atoms with Gasteiger partial charge in [-0.1, -0.05) is 6.92 Å². The highest BCUT2D eigenvalue weighted by Gasteiger charge is 2.13. The Morgan fingerprint density at radius 3 is 2.59 bits per heavy atom. The van der Waals surface area contributed by atoms with Crippen molar-refractivity contribution in [2.45, 2.75) is 45.6 Å². The summed E-state index contributed by atoms with van der Waals surface area (Å²) in [5, 5.41) is 0. The molecule has 2 N–H and O–H groups in total. The molecule has 2 unspecified atom stereocenters. The molecule has 17 heavy (non-hydrogen) atoms. The number of benzene rings is 1. The number of ether oxygens (including phenoxy) is 1. The molecule has 2 atom stereocenters. The van der Waals surface area contributed by atoms with Gasteiger partial charge in [0.05, 0.1) is 6.61 Å². The predicted molar refractivity (Wildman–Crippen MR) is 68.9 cm³/mol. The minimum absolute atomic E-state index is 0.182. The Morgan fingerprint density at radius 2 is 2.00 bits per heavy atom. The second-order valence-electron chi connectivity index (χ2n) is 4.57. The van der Waals surface area contributed by atoms with Crippen molar-refractivity contribution in [1.29, 1.82) is 0 Å². The highest BCUT2D eigenvalue weighted by atomic mass is 19.1. The lowest BCUT2D eigenvalue weighted by molar-refractivity contribution is 0.332. The Bertz CT molecular complexity index is 352. The van der Waals surface area contributed by atoms with Crippen LogP contribution in [-0.2, 0) is 0 Å². The van der Waals surface area contributed by atoms with Gasteiger partial charge in [-0.15, -0.1) is 0 Å². The second kappa shape index (κ2) is 6.60. The number of nitrogens with two attached hydrogens (primary N) is 1. The van der Waals surface area contributed by atoms with Gasteiger partial charge >= 0.3 is 0 Å². The predicted octanol–water partition coefficient (Wildman–Crippen LogP) is 3.46. The van der Waals surface area contributed by atoms with E-state index in [2.05, 4.69) is 6.92 Å². The summed E-state index contributed by atoms with van der Waals surface area (Å²) >= 11 is 0. The Labute approximate surface area is 103 Å². The molecule has 1 aromatic rings. The van der Waals surface area contributed by atoms with Gasteiger partial charge < -0.3 is 10.5 Å². The first-order chi connectivity index (χ1) is 8.04. The van der Waals surface area contributed by atoms with Crippen molar-refractivity contribution >= 4 is 0 Å². The van der Waals surface area contributed by atoms with Crippen LogP contribution in [0, 0.1) is 5.82 Å². The molecule has 0 aliphatic rings. The van der Waals surface area contributed by atoms with Gasteiger partial charge in [-0.05, 0) is 56.4 Å². The van der Waals surface area contributed by atoms with Crippen molar-refractivity contribution in [3.8, 4) is 5.75 Å². The minimum atomic E-state index is -0.212. The van der Waals surface area contributed by atoms with Gasteiger partial charge in [-0.2, -0.15) is 0 Å². The first-order valence-corrected chi connectivity index (χ1v) is 6.22. The molecule has 0 saturated heterocycles. The van der Waals surface area contributed by atoms with Gasteiger partial charge in [0.2, 0.25) is 0 Å². The molecule has 0 fully saturated rings. The van der Waals surface area contributed by atoms with Crippen LogP contribution in [0.4, 0.5) is 4.39 Å². The third-order valence-corrected chi connectivity index (χ3v) is 2.86. The van der Waals surface area contributed by atoms with E-state index >= 15 is 0 Å². The van der Waals surface area contributed by atoms with Gasteiger partial charge in [0, 0.05) is 6.04 Å². The summed E-state index contributed by atoms with van der Waals surface area (Å²) < 4.78 is 18.8. The van der Waals surface area contributed by atoms with Crippen LogP contribution in [0.15, 0.2) is 18.2 Å². The van der Waals surface area contributed by atoms with Crippen LogP contribution in [0.2, 0.25) is 0 Å². The normalized spacial score (nSPS) is 14.4. The van der Waals surface area contributed by atoms with Gasteiger partial charge in [-0.25, -0.2) is 4.39 Å². The second-order valence-corrected chi connectivity index (χ2v) is 4.57. The molecule has 96 valence electrons. The fourth-order valence-corrected chi connectivity index (χ4v) is 1.86. The zero-order valence-electron chi connectivity index (χ0n) is 10.9. The molecule has 0 bridgehead atoms. The zero-order valence-corrected chi connectivity index (χ0v) is 10.9. The molecule has 0 spiro atoms. The molecule has 0 aliphatic carbocycles. The van der Waals surface area contributed by atoms with Gasteiger partial charge in [0.1, 0.15) is 11.6 Å². The van der Waals surface area contributed by atoms with Crippen molar-refractivity contribution in [3.05, 3.63) is 29.6 Å². The third-order valence-electron chi connectivity index (χ3n) is 2.86. The van der Waals surface area contributed by atoms with E-state index in [4.69, 9.17) is 10.5 Å². The van der Waals surface area contributed by atoms with Crippen LogP contribution in [0.3, 0.4) is 0 Å². The Morgan fingerprint density at radius 1 is 1.29 bits per heavy atom. The lowest BCUT2D eigenvalue weighted by Crippen LogP contribution is -2.15. The van der Waals surface area contributed by atoms with E-state index in [1.54, 1.807) is 12.1 Å². The van der Waals surface area contributed by atoms with E-state index in [0.717, 1.165) is 24.2 Å². The summed E-state index contributed by atoms with van der Waals surface area (Å²) in [4.78, 5) is 0. The van der Waals surface area contributed by atoms with Gasteiger partial charge in [0.15, 0.2) is 0 Å². The van der Waals surface area contributed by atoms with Crippen LogP contribution in [0.5, 0.6) is 5.75 Å². The summed E-state index contributed by atoms with van der Waals surface area (Å²) in [6.07, 6.45) is 1.88. The van der Waals surface area contributed by atoms with E-state index in [-0.39, 0.29) is 17.8 Å². The smallest absolute Gasteiger partial charge is 0.123 e. The zero-order chi connectivity index (χ0) is 12.8. The lowest BCUT2D eigenvalue weighted by Gasteiger charge is -2.17. The van der Waals surface area contributed by atoms with Crippen molar-refractivity contribution in [2.75, 3.05) is 6.61 Å². The largest absolute Gasteiger partial charge is 0.494 e. The molecule has 0 radical (unpaired) electrons. The minimum Gasteiger partial charge on any atom is -0.494 e. The number of halogens is 1. The number of hydrogen-bond acceptors (Lipinski definition) is 2. The molecule has 0 aliphatic heterocycles. The highest BCUT2D eigenvalue weighted by Crippen LogP contribution is 2.30. The SMILES string of the molecule is CCOc1ccc(F)cc1C(C)CCC(C)N. The Balaban J connectivity index is 2.81. The van der Waals surface area contributed by atoms with E-state index in [1.165, 1.54) is 6.07 Å². The molecule has 0 heterocycles. The first kappa shape index (κ1) is 14.0. The molecule has 1 rings (SSSR count). The topological polar surface area (TPSA) is 35.2 Å². The fraction of sp³-hybridized carbons (Fsp3) is 0.571. The van der Waals surface area contributed by atoms with Crippen LogP contribution in [0.1, 0.15) is 45.1 Å². The third kappa shape index (κ3) is 4.35. The summed E-state index contributed by atoms with van der Waals surface area (Å²) in [5.74, 6) is 0.834. The molecular formula is C14H22FNO. The quantitative estimate of drug-likeness (QED) is 0.825. The van der Waals surface area contributed by atoms with Gasteiger partial charge in [-0.3, -0.25) is 0 Å². The lowest BCUT2D eigenvalue weighted by atomic mass is 9.94. The Kier molecular flexibility index (Phi) is 5.42. The molecule has 3 heteroatoms. The van der Waals surface area contributed by atoms with E-state index in [0.29, 0.717) is 6.61 Å². The number of hydrogen-bond donors (Lipinski definition) is 1. The maximum Gasteiger partial charge on any atom is 0.123 e. The summed E-state index contributed by atoms with van der Waals surface area (Å²) in [7, 11) is 0. The van der Waals surface area contributed by atoms with Crippen LogP contribution < -0.4 is 10.5 Å². The average molecular weight is 239 g/mol. The van der Waals surface area contributed by atoms with Crippen molar-refractivity contribution in [2.24, 2.45) is 5.73 Å². The van der Waals surface area contributed by atoms with Crippen LogP contribution in [-0.4, -0.2) is 12.6 Å². The Hall–Kier alpha value is -1.09. The molecule has 2 nitrogen and oxygen atoms in total. The number of rotatable bonds is 6. The summed E-state index contributed by atoms with van der Waals surface area (Å²) in [5.41, 5.74) is 6.68. The monoisotopic (exact) mass is 239 g/mol. The van der Waals surface area contributed by atoms with E-state index in [9.17, 15) is 4.39 Å². The van der Waals surface area contributed by atoms with Crippen LogP contribution in [0.25, 0.3) is 0 Å². The fourth-order valence-electron chi connectivity index (χ4n) is 1.86. The van der Waals surface area contributed by atoms with Crippen molar-refractivity contribution < 1.29 is 9.13 Å². The maximum absolute atomic E-state index is 13.3. The highest BCUT2D eigenvalue weighted by molar-refractivity contribution is 5.36. The molecule has 0 saturated carbocycles.